The third-order valence-electron chi connectivity index (χ3n) is 6.48. The van der Waals surface area contributed by atoms with Crippen LogP contribution in [0.15, 0.2) is 23.6 Å². The third kappa shape index (κ3) is 4.89. The van der Waals surface area contributed by atoms with Crippen molar-refractivity contribution in [3.8, 4) is 0 Å². The number of hydrogen-bond acceptors (Lipinski definition) is 10. The minimum Gasteiger partial charge on any atom is -0.441 e. The van der Waals surface area contributed by atoms with E-state index in [1.807, 2.05) is 0 Å². The van der Waals surface area contributed by atoms with Crippen LogP contribution in [0.3, 0.4) is 0 Å². The van der Waals surface area contributed by atoms with Crippen LogP contribution in [0.5, 0.6) is 0 Å². The summed E-state index contributed by atoms with van der Waals surface area (Å²) in [5, 5.41) is 11.4. The number of piperidine rings is 1. The van der Waals surface area contributed by atoms with Crippen molar-refractivity contribution in [1.82, 2.24) is 20.5 Å². The van der Waals surface area contributed by atoms with Gasteiger partial charge in [-0.2, -0.15) is 0 Å². The summed E-state index contributed by atoms with van der Waals surface area (Å²) in [6, 6.07) is 1.79. The maximum atomic E-state index is 13.5. The molecular formula is C20H29FN8O4. The molecule has 2 atom stereocenters. The Labute approximate surface area is 190 Å². The van der Waals surface area contributed by atoms with Gasteiger partial charge in [-0.1, -0.05) is 5.18 Å². The van der Waals surface area contributed by atoms with Gasteiger partial charge in [-0.15, -0.1) is 4.91 Å². The van der Waals surface area contributed by atoms with Crippen LogP contribution in [-0.4, -0.2) is 85.8 Å². The zero-order valence-corrected chi connectivity index (χ0v) is 18.4. The molecule has 2 unspecified atom stereocenters. The minimum atomic E-state index is -1.32. The largest absolute Gasteiger partial charge is 0.441 e. The predicted octanol–water partition coefficient (Wildman–Crippen LogP) is -0.0345. The average molecular weight is 465 g/mol. The number of nitrogens with one attached hydrogen (secondary N) is 3. The number of halogens is 1. The zero-order chi connectivity index (χ0) is 23.6. The smallest absolute Gasteiger partial charge is 0.410 e. The molecule has 33 heavy (non-hydrogen) atoms. The molecule has 0 aromatic carbocycles. The predicted molar refractivity (Wildman–Crippen MR) is 118 cm³/mol. The van der Waals surface area contributed by atoms with Gasteiger partial charge in [0.05, 0.1) is 30.3 Å². The summed E-state index contributed by atoms with van der Waals surface area (Å²) in [6.45, 7) is 1.88. The fourth-order valence-corrected chi connectivity index (χ4v) is 4.66. The molecule has 1 aromatic rings. The van der Waals surface area contributed by atoms with Gasteiger partial charge in [-0.3, -0.25) is 20.4 Å². The minimum absolute atomic E-state index is 0.0421. The van der Waals surface area contributed by atoms with E-state index in [9.17, 15) is 18.9 Å². The first kappa shape index (κ1) is 23.3. The van der Waals surface area contributed by atoms with Crippen molar-refractivity contribution in [3.63, 3.8) is 0 Å². The van der Waals surface area contributed by atoms with Gasteiger partial charge in [0.2, 0.25) is 5.91 Å². The topological polar surface area (TPSA) is 154 Å². The highest BCUT2D eigenvalue weighted by atomic mass is 19.1. The summed E-state index contributed by atoms with van der Waals surface area (Å²) in [6.07, 6.45) is 1.03. The number of amides is 2. The molecule has 0 radical (unpaired) electrons. The molecule has 3 aliphatic heterocycles. The standard InChI is InChI=1S/C20H29FN8O4/c1-28-11-20(33-19(28)31)3-6-29(7-4-20)14-2-5-23-10-13(14)26-18(30)15(16(22)27-32)17-24-8-12(21)9-25-17/h2,5,10,12,15-17,24-25H,3-4,6-9,11,22H2,1H3,(H,26,30). The molecule has 0 aliphatic carbocycles. The number of anilines is 2. The van der Waals surface area contributed by atoms with Crippen molar-refractivity contribution >= 4 is 23.4 Å². The van der Waals surface area contributed by atoms with E-state index in [2.05, 4.69) is 31.0 Å². The number of ether oxygens (including phenoxy) is 1. The summed E-state index contributed by atoms with van der Waals surface area (Å²) in [5.41, 5.74) is 6.55. The quantitative estimate of drug-likeness (QED) is 0.425. The monoisotopic (exact) mass is 464 g/mol. The average Bonchev–Trinajstić information content (AvgIpc) is 3.08. The van der Waals surface area contributed by atoms with Crippen molar-refractivity contribution in [2.45, 2.75) is 36.9 Å². The first-order chi connectivity index (χ1) is 15.8. The normalized spacial score (nSPS) is 26.6. The molecule has 180 valence electrons. The van der Waals surface area contributed by atoms with Gasteiger partial charge in [-0.25, -0.2) is 9.18 Å². The van der Waals surface area contributed by atoms with E-state index in [1.165, 1.54) is 6.20 Å². The number of nitrogens with two attached hydrogens (primary N) is 1. The number of carbonyl (C=O) groups excluding carboxylic acids is 2. The second-order valence-corrected chi connectivity index (χ2v) is 8.79. The van der Waals surface area contributed by atoms with Crippen molar-refractivity contribution in [2.24, 2.45) is 16.8 Å². The lowest BCUT2D eigenvalue weighted by Crippen LogP contribution is -2.62. The van der Waals surface area contributed by atoms with Crippen LogP contribution >= 0.6 is 0 Å². The highest BCUT2D eigenvalue weighted by Crippen LogP contribution is 2.36. The molecule has 3 aliphatic rings. The third-order valence-corrected chi connectivity index (χ3v) is 6.48. The van der Waals surface area contributed by atoms with E-state index in [4.69, 9.17) is 10.5 Å². The Hall–Kier alpha value is -2.90. The SMILES string of the molecule is CN1CC2(CCN(c3ccncc3NC(=O)C(C(N)N=O)C3NCC(F)CN3)CC2)OC1=O. The fourth-order valence-electron chi connectivity index (χ4n) is 4.66. The maximum Gasteiger partial charge on any atom is 0.410 e. The van der Waals surface area contributed by atoms with E-state index in [0.717, 1.165) is 5.69 Å². The van der Waals surface area contributed by atoms with Gasteiger partial charge in [0.15, 0.2) is 6.17 Å². The van der Waals surface area contributed by atoms with Crippen LogP contribution in [0.25, 0.3) is 0 Å². The zero-order valence-electron chi connectivity index (χ0n) is 18.4. The number of pyridine rings is 1. The van der Waals surface area contributed by atoms with E-state index in [-0.39, 0.29) is 19.2 Å². The van der Waals surface area contributed by atoms with Gasteiger partial charge >= 0.3 is 6.09 Å². The van der Waals surface area contributed by atoms with Crippen LogP contribution in [-0.2, 0) is 9.53 Å². The Kier molecular flexibility index (Phi) is 6.72. The molecule has 4 rings (SSSR count). The molecule has 0 bridgehead atoms. The number of alkyl halides is 1. The van der Waals surface area contributed by atoms with Crippen molar-refractivity contribution < 1.29 is 18.7 Å². The second kappa shape index (κ2) is 9.53. The molecule has 0 saturated carbocycles. The molecule has 2 amide bonds. The highest BCUT2D eigenvalue weighted by Gasteiger charge is 2.46. The van der Waals surface area contributed by atoms with E-state index in [0.29, 0.717) is 38.2 Å². The molecule has 5 N–H and O–H groups in total. The molecule has 3 fully saturated rings. The number of likely N-dealkylation sites (N-methyl/N-ethyl adjacent to an activating group) is 1. The van der Waals surface area contributed by atoms with Crippen LogP contribution < -0.4 is 26.6 Å². The van der Waals surface area contributed by atoms with E-state index in [1.54, 1.807) is 24.2 Å². The number of hydrogen-bond donors (Lipinski definition) is 4. The van der Waals surface area contributed by atoms with E-state index >= 15 is 0 Å². The number of rotatable bonds is 6. The summed E-state index contributed by atoms with van der Waals surface area (Å²) < 4.78 is 19.1. The van der Waals surface area contributed by atoms with Gasteiger partial charge in [0.1, 0.15) is 17.7 Å². The first-order valence-corrected chi connectivity index (χ1v) is 10.9. The van der Waals surface area contributed by atoms with Crippen LogP contribution in [0.2, 0.25) is 0 Å². The summed E-state index contributed by atoms with van der Waals surface area (Å²) in [4.78, 5) is 43.9. The first-order valence-electron chi connectivity index (χ1n) is 10.9. The van der Waals surface area contributed by atoms with Crippen LogP contribution in [0.1, 0.15) is 12.8 Å². The number of aromatic nitrogens is 1. The second-order valence-electron chi connectivity index (χ2n) is 8.79. The Morgan fingerprint density at radius 1 is 1.39 bits per heavy atom. The Morgan fingerprint density at radius 2 is 2.09 bits per heavy atom. The summed E-state index contributed by atoms with van der Waals surface area (Å²) in [5.74, 6) is -1.58. The molecule has 3 saturated heterocycles. The van der Waals surface area contributed by atoms with Crippen molar-refractivity contribution in [3.05, 3.63) is 23.4 Å². The van der Waals surface area contributed by atoms with Crippen molar-refractivity contribution in [1.29, 1.82) is 0 Å². The fraction of sp³-hybridized carbons (Fsp3) is 0.650. The van der Waals surface area contributed by atoms with Crippen LogP contribution in [0.4, 0.5) is 20.6 Å². The lowest BCUT2D eigenvalue weighted by atomic mass is 9.91. The Morgan fingerprint density at radius 3 is 2.70 bits per heavy atom. The van der Waals surface area contributed by atoms with Crippen molar-refractivity contribution in [2.75, 3.05) is 50.0 Å². The van der Waals surface area contributed by atoms with Gasteiger partial charge in [0.25, 0.3) is 0 Å². The van der Waals surface area contributed by atoms with E-state index < -0.39 is 35.9 Å². The number of nitrogens with zero attached hydrogens (tertiary/aromatic N) is 4. The maximum absolute atomic E-state index is 13.5. The van der Waals surface area contributed by atoms with Crippen LogP contribution in [0, 0.1) is 10.8 Å². The highest BCUT2D eigenvalue weighted by molar-refractivity contribution is 5.96. The molecule has 13 heteroatoms. The van der Waals surface area contributed by atoms with Gasteiger partial charge < -0.3 is 25.6 Å². The van der Waals surface area contributed by atoms with Gasteiger partial charge in [0, 0.05) is 52.3 Å². The number of nitroso groups, excluding NO2 is 1. The lowest BCUT2D eigenvalue weighted by Gasteiger charge is -2.39. The number of carbonyl (C=O) groups is 2. The molecule has 1 spiro atoms. The molecule has 4 heterocycles. The summed E-state index contributed by atoms with van der Waals surface area (Å²) in [7, 11) is 1.72. The van der Waals surface area contributed by atoms with Gasteiger partial charge in [-0.05, 0) is 6.07 Å². The molecule has 12 nitrogen and oxygen atoms in total. The Bertz CT molecular complexity index is 889. The summed E-state index contributed by atoms with van der Waals surface area (Å²) >= 11 is 0. The molecule has 1 aromatic heterocycles. The molecular weight excluding hydrogens is 435 g/mol. The lowest BCUT2D eigenvalue weighted by molar-refractivity contribution is -0.122. The Balaban J connectivity index is 1.46.